The smallest absolute Gasteiger partial charge is 0.312 e. The molecule has 0 heterocycles. The van der Waals surface area contributed by atoms with Crippen molar-refractivity contribution in [1.29, 1.82) is 0 Å². The highest BCUT2D eigenvalue weighted by Gasteiger charge is 2.37. The fraction of sp³-hybridized carbons (Fsp3) is 0.886. The lowest BCUT2D eigenvalue weighted by Crippen LogP contribution is -2.50. The summed E-state index contributed by atoms with van der Waals surface area (Å²) in [5.74, 6) is 0. The molecule has 0 spiro atoms. The van der Waals surface area contributed by atoms with Crippen molar-refractivity contribution in [3.63, 3.8) is 0 Å². The van der Waals surface area contributed by atoms with Crippen LogP contribution in [0, 0.1) is 0 Å². The van der Waals surface area contributed by atoms with Gasteiger partial charge in [0.25, 0.3) is 9.28 Å². The topological polar surface area (TPSA) is 73.8 Å². The van der Waals surface area contributed by atoms with E-state index in [1.165, 1.54) is 18.9 Å². The molecule has 1 unspecified atom stereocenters. The lowest BCUT2D eigenvalue weighted by atomic mass is 10.4. The summed E-state index contributed by atoms with van der Waals surface area (Å²) in [7, 11) is -18.6. The maximum Gasteiger partial charge on any atom is 0.312 e. The molecule has 20 heteroatoms. The average Bonchev–Trinajstić information content (AvgIpc) is 2.80. The van der Waals surface area contributed by atoms with Crippen LogP contribution in [0.2, 0.25) is 183 Å². The van der Waals surface area contributed by atoms with E-state index in [1.807, 2.05) is 11.4 Å². The van der Waals surface area contributed by atoms with E-state index in [-0.39, 0.29) is 0 Å². The Morgan fingerprint density at radius 1 is 0.418 bits per heavy atom. The Balaban J connectivity index is -0.000000318. The molecule has 0 aromatic rings. The Labute approximate surface area is 359 Å². The highest BCUT2D eigenvalue weighted by Crippen LogP contribution is 2.23. The fourth-order valence-electron chi connectivity index (χ4n) is 5.85. The van der Waals surface area contributed by atoms with Gasteiger partial charge in [-0.15, -0.1) is 13.2 Å². The van der Waals surface area contributed by atoms with Gasteiger partial charge in [0.1, 0.15) is 0 Å². The third-order valence-corrected chi connectivity index (χ3v) is 43.4. The van der Waals surface area contributed by atoms with Gasteiger partial charge in [-0.05, 0) is 183 Å². The Hall–Kier alpha value is 1.76. The van der Waals surface area contributed by atoms with Crippen molar-refractivity contribution in [2.45, 2.75) is 203 Å². The summed E-state index contributed by atoms with van der Waals surface area (Å²) in [5, 5.41) is 0. The Kier molecular flexibility index (Phi) is 29.6. The van der Waals surface area contributed by atoms with Gasteiger partial charge in [0.05, 0.1) is 0 Å². The molecule has 0 saturated heterocycles. The number of rotatable bonds is 21. The molecule has 0 aliphatic rings. The zero-order valence-corrected chi connectivity index (χ0v) is 54.4. The second-order valence-corrected chi connectivity index (χ2v) is 68.3. The standard InChI is InChI=1S/C10H28O2Si3.C9H28O3Si4.C8H24O2Si3.C8H18OSi2/c1-8-9-10-14(4,5)12-15(6,7)11-13(2)3;1-13(10-14(2,3)4)11-16(8,9)12-15(5,6)7;1-11(2,3)9-13(7,8)10-12(4,5)6;1-7-10(3,4)9-11(5,6)8-2/h13H,8-10H2,1-7H3;13H,1-9H3;1-8H3;7-8H,1-2H2,3-6H3. The molecule has 0 amide bonds. The predicted octanol–water partition coefficient (Wildman–Crippen LogP) is 13.2. The van der Waals surface area contributed by atoms with Crippen LogP contribution in [-0.4, -0.2) is 102 Å². The van der Waals surface area contributed by atoms with Gasteiger partial charge in [-0.2, -0.15) is 0 Å². The van der Waals surface area contributed by atoms with Crippen LogP contribution in [0.1, 0.15) is 19.8 Å². The molecule has 334 valence electrons. The molecule has 0 aliphatic heterocycles. The molecule has 0 bridgehead atoms. The van der Waals surface area contributed by atoms with Gasteiger partial charge >= 0.3 is 25.7 Å². The molecule has 0 saturated carbocycles. The minimum atomic E-state index is -1.98. The quantitative estimate of drug-likeness (QED) is 0.105. The average molecular weight is 984 g/mol. The first-order valence-electron chi connectivity index (χ1n) is 20.5. The maximum atomic E-state index is 6.33. The molecule has 0 aliphatic carbocycles. The molecule has 0 N–H and O–H groups in total. The van der Waals surface area contributed by atoms with Crippen molar-refractivity contribution in [2.75, 3.05) is 0 Å². The van der Waals surface area contributed by atoms with Gasteiger partial charge < -0.3 is 32.9 Å². The van der Waals surface area contributed by atoms with Crippen molar-refractivity contribution in [2.24, 2.45) is 0 Å². The van der Waals surface area contributed by atoms with Gasteiger partial charge in [0.15, 0.2) is 67.3 Å². The Morgan fingerprint density at radius 3 is 1.02 bits per heavy atom. The number of hydrogen-bond acceptors (Lipinski definition) is 8. The third kappa shape index (κ3) is 48.3. The Bertz CT molecular complexity index is 1030. The first kappa shape index (κ1) is 63.4. The van der Waals surface area contributed by atoms with Gasteiger partial charge in [0.2, 0.25) is 0 Å². The second-order valence-electron chi connectivity index (χ2n) is 21.6. The lowest BCUT2D eigenvalue weighted by molar-refractivity contribution is 0.352. The molecule has 0 rings (SSSR count). The number of unbranched alkanes of at least 4 members (excludes halogenated alkanes) is 1. The largest absolute Gasteiger partial charge is 0.449 e. The normalized spacial score (nSPS) is 14.5. The van der Waals surface area contributed by atoms with Crippen molar-refractivity contribution < 1.29 is 32.9 Å². The van der Waals surface area contributed by atoms with Crippen LogP contribution in [-0.2, 0) is 32.9 Å². The molecular formula is C35H98O8Si12. The second kappa shape index (κ2) is 25.6. The van der Waals surface area contributed by atoms with Crippen molar-refractivity contribution in [3.8, 4) is 0 Å². The fourth-order valence-corrected chi connectivity index (χ4v) is 50.7. The summed E-state index contributed by atoms with van der Waals surface area (Å²) in [6, 6.07) is 1.27. The highest BCUT2D eigenvalue weighted by atomic mass is 28.5. The van der Waals surface area contributed by atoms with E-state index in [0.29, 0.717) is 0 Å². The summed E-state index contributed by atoms with van der Waals surface area (Å²) in [6.07, 6.45) is 2.56. The summed E-state index contributed by atoms with van der Waals surface area (Å²) < 4.78 is 48.8. The zero-order chi connectivity index (χ0) is 45.3. The van der Waals surface area contributed by atoms with Crippen LogP contribution in [0.4, 0.5) is 0 Å². The van der Waals surface area contributed by atoms with Gasteiger partial charge in [-0.1, -0.05) is 31.2 Å². The third-order valence-electron chi connectivity index (χ3n) is 6.31. The highest BCUT2D eigenvalue weighted by molar-refractivity contribution is 6.90. The van der Waals surface area contributed by atoms with Crippen LogP contribution in [0.3, 0.4) is 0 Å². The zero-order valence-electron chi connectivity index (χ0n) is 42.1. The van der Waals surface area contributed by atoms with Gasteiger partial charge in [-0.3, -0.25) is 0 Å². The van der Waals surface area contributed by atoms with E-state index < -0.39 is 102 Å². The molecule has 8 nitrogen and oxygen atoms in total. The summed E-state index contributed by atoms with van der Waals surface area (Å²) in [6.45, 7) is 69.1. The summed E-state index contributed by atoms with van der Waals surface area (Å²) in [5.41, 5.74) is 3.93. The van der Waals surface area contributed by atoms with Crippen molar-refractivity contribution in [3.05, 3.63) is 24.6 Å². The van der Waals surface area contributed by atoms with Gasteiger partial charge in [0, 0.05) is 0 Å². The van der Waals surface area contributed by atoms with E-state index in [4.69, 9.17) is 32.9 Å². The summed E-state index contributed by atoms with van der Waals surface area (Å²) >= 11 is 0. The molecule has 0 radical (unpaired) electrons. The monoisotopic (exact) mass is 982 g/mol. The molecule has 0 fully saturated rings. The van der Waals surface area contributed by atoms with Crippen LogP contribution >= 0.6 is 0 Å². The minimum absolute atomic E-state index is 0.953. The lowest BCUT2D eigenvalue weighted by Gasteiger charge is -2.35. The first-order chi connectivity index (χ1) is 23.7. The van der Waals surface area contributed by atoms with Crippen LogP contribution in [0.15, 0.2) is 24.6 Å². The minimum Gasteiger partial charge on any atom is -0.449 e. The maximum absolute atomic E-state index is 6.33. The SMILES string of the molecule is C=C[Si](C)(C)O[Si](C)(C)C=C.CCCC[Si](C)(C)O[Si](C)(C)O[SiH](C)C.C[SiH](O[Si](C)(C)C)O[Si](C)(C)O[Si](C)(C)C.C[Si](C)(C)O[Si](C)(C)O[Si](C)(C)C. The van der Waals surface area contributed by atoms with E-state index >= 15 is 0 Å². The van der Waals surface area contributed by atoms with E-state index in [1.54, 1.807) is 0 Å². The molecule has 0 aromatic heterocycles. The predicted molar refractivity (Wildman–Crippen MR) is 279 cm³/mol. The van der Waals surface area contributed by atoms with Crippen LogP contribution in [0.25, 0.3) is 0 Å². The van der Waals surface area contributed by atoms with E-state index in [9.17, 15) is 0 Å². The first-order valence-corrected chi connectivity index (χ1v) is 56.6. The molecule has 1 atom stereocenters. The van der Waals surface area contributed by atoms with Crippen molar-refractivity contribution >= 4 is 102 Å². The van der Waals surface area contributed by atoms with Crippen LogP contribution < -0.4 is 0 Å². The Morgan fingerprint density at radius 2 is 0.745 bits per heavy atom. The molecular weight excluding hydrogens is 885 g/mol. The van der Waals surface area contributed by atoms with Crippen molar-refractivity contribution in [1.82, 2.24) is 0 Å². The van der Waals surface area contributed by atoms with Gasteiger partial charge in [-0.25, -0.2) is 0 Å². The number of hydrogen-bond donors (Lipinski definition) is 0. The summed E-state index contributed by atoms with van der Waals surface area (Å²) in [4.78, 5) is 0. The van der Waals surface area contributed by atoms with E-state index in [2.05, 4.69) is 197 Å². The van der Waals surface area contributed by atoms with Crippen LogP contribution in [0.5, 0.6) is 0 Å². The van der Waals surface area contributed by atoms with E-state index in [0.717, 1.165) is 0 Å². The molecule has 0 aromatic carbocycles. The molecule has 55 heavy (non-hydrogen) atoms.